The average Bonchev–Trinajstić information content (AvgIpc) is 3.17. The number of carbonyl (C=O) groups is 2. The number of aromatic nitrogens is 2. The van der Waals surface area contributed by atoms with Gasteiger partial charge >= 0.3 is 12.1 Å². The molecule has 2 aromatic rings. The highest BCUT2D eigenvalue weighted by Gasteiger charge is 2.41. The van der Waals surface area contributed by atoms with Gasteiger partial charge in [-0.3, -0.25) is 4.90 Å². The molecule has 0 aliphatic carbocycles. The summed E-state index contributed by atoms with van der Waals surface area (Å²) in [5, 5.41) is 9.49. The van der Waals surface area contributed by atoms with Gasteiger partial charge in [0.25, 0.3) is 0 Å². The van der Waals surface area contributed by atoms with Crippen LogP contribution in [0.4, 0.5) is 15.3 Å². The van der Waals surface area contributed by atoms with E-state index >= 15 is 0 Å². The zero-order chi connectivity index (χ0) is 22.7. The number of anilines is 1. The number of thioether (sulfide) groups is 1. The van der Waals surface area contributed by atoms with Crippen LogP contribution in [0.15, 0.2) is 35.6 Å². The van der Waals surface area contributed by atoms with Crippen molar-refractivity contribution in [3.05, 3.63) is 41.7 Å². The molecule has 1 aromatic carbocycles. The molecule has 2 aliphatic heterocycles. The molecule has 2 N–H and O–H groups in total. The highest BCUT2D eigenvalue weighted by molar-refractivity contribution is 8.00. The van der Waals surface area contributed by atoms with E-state index in [2.05, 4.69) is 20.9 Å². The van der Waals surface area contributed by atoms with E-state index < -0.39 is 17.7 Å². The average molecular weight is 456 g/mol. The van der Waals surface area contributed by atoms with Crippen molar-refractivity contribution in [2.24, 2.45) is 5.73 Å². The fourth-order valence-corrected chi connectivity index (χ4v) is 4.62. The molecule has 1 atom stereocenters. The Labute approximate surface area is 188 Å². The zero-order valence-electron chi connectivity index (χ0n) is 17.3. The molecule has 0 saturated carbocycles. The summed E-state index contributed by atoms with van der Waals surface area (Å²) in [6, 6.07) is 8.82. The fourth-order valence-electron chi connectivity index (χ4n) is 3.58. The summed E-state index contributed by atoms with van der Waals surface area (Å²) in [5.74, 6) is 0.175. The largest absolute Gasteiger partial charge is 0.479 e. The van der Waals surface area contributed by atoms with E-state index in [1.807, 2.05) is 18.2 Å². The van der Waals surface area contributed by atoms with E-state index in [0.717, 1.165) is 22.2 Å². The topological polar surface area (TPSA) is 138 Å². The molecule has 1 aromatic heterocycles. The van der Waals surface area contributed by atoms with Gasteiger partial charge in [-0.05, 0) is 29.5 Å². The van der Waals surface area contributed by atoms with Crippen LogP contribution in [0.25, 0.3) is 0 Å². The Hall–Kier alpha value is -3.56. The van der Waals surface area contributed by atoms with Crippen LogP contribution in [0.3, 0.4) is 0 Å². The quantitative estimate of drug-likeness (QED) is 0.681. The summed E-state index contributed by atoms with van der Waals surface area (Å²) in [4.78, 5) is 37.8. The molecule has 2 aliphatic rings. The van der Waals surface area contributed by atoms with Gasteiger partial charge in [0, 0.05) is 32.7 Å². The standard InChI is InChI=1S/C20H21N7O4S/c1-30-16-15-17(24-12-23-16)32-20(27(15)18(22)28)31-19(29)26-7-5-25(6-8-26)11-14-4-2-3-13(9-14)10-21/h2-4,9,12,20H,5-8,11H2,1H3,(H2,22,28). The van der Waals surface area contributed by atoms with E-state index in [9.17, 15) is 9.59 Å². The number of hydrogen-bond acceptors (Lipinski definition) is 9. The van der Waals surface area contributed by atoms with E-state index in [0.29, 0.717) is 43.3 Å². The van der Waals surface area contributed by atoms with E-state index in [1.165, 1.54) is 13.4 Å². The number of nitrogens with two attached hydrogens (primary N) is 1. The lowest BCUT2D eigenvalue weighted by Gasteiger charge is -2.35. The maximum Gasteiger partial charge on any atom is 0.412 e. The Kier molecular flexibility index (Phi) is 6.29. The number of carbonyl (C=O) groups excluding carboxylic acids is 2. The molecule has 166 valence electrons. The van der Waals surface area contributed by atoms with Crippen LogP contribution >= 0.6 is 11.8 Å². The predicted octanol–water partition coefficient (Wildman–Crippen LogP) is 1.59. The summed E-state index contributed by atoms with van der Waals surface area (Å²) >= 11 is 1.09. The third-order valence-corrected chi connectivity index (χ3v) is 6.18. The van der Waals surface area contributed by atoms with Crippen molar-refractivity contribution in [3.8, 4) is 11.9 Å². The highest BCUT2D eigenvalue weighted by atomic mass is 32.2. The Morgan fingerprint density at radius 3 is 2.75 bits per heavy atom. The molecule has 3 heterocycles. The second-order valence-electron chi connectivity index (χ2n) is 7.13. The summed E-state index contributed by atoms with van der Waals surface area (Å²) in [6.07, 6.45) is 0.763. The van der Waals surface area contributed by atoms with Gasteiger partial charge in [-0.1, -0.05) is 12.1 Å². The van der Waals surface area contributed by atoms with Crippen molar-refractivity contribution in [2.75, 3.05) is 38.2 Å². The second-order valence-corrected chi connectivity index (χ2v) is 8.15. The van der Waals surface area contributed by atoms with Gasteiger partial charge < -0.3 is 20.1 Å². The summed E-state index contributed by atoms with van der Waals surface area (Å²) in [6.45, 7) is 2.95. The summed E-state index contributed by atoms with van der Waals surface area (Å²) in [5.41, 5.74) is 6.49. The number of ether oxygens (including phenoxy) is 2. The minimum Gasteiger partial charge on any atom is -0.479 e. The first-order chi connectivity index (χ1) is 15.5. The SMILES string of the molecule is COc1ncnc2c1N(C(N)=O)C(OC(=O)N1CCN(Cc3cccc(C#N)c3)CC1)S2. The lowest BCUT2D eigenvalue weighted by Crippen LogP contribution is -2.50. The molecule has 32 heavy (non-hydrogen) atoms. The van der Waals surface area contributed by atoms with Gasteiger partial charge in [-0.2, -0.15) is 10.2 Å². The minimum atomic E-state index is -0.993. The minimum absolute atomic E-state index is 0.175. The molecular weight excluding hydrogens is 434 g/mol. The molecule has 11 nitrogen and oxygen atoms in total. The molecule has 1 fully saturated rings. The number of primary amides is 1. The van der Waals surface area contributed by atoms with Gasteiger partial charge in [-0.25, -0.2) is 19.5 Å². The Bertz CT molecular complexity index is 1070. The molecular formula is C20H21N7O4S. The van der Waals surface area contributed by atoms with Gasteiger partial charge in [-0.15, -0.1) is 0 Å². The van der Waals surface area contributed by atoms with E-state index in [1.54, 1.807) is 11.0 Å². The van der Waals surface area contributed by atoms with Crippen LogP contribution in [0.2, 0.25) is 0 Å². The molecule has 0 radical (unpaired) electrons. The van der Waals surface area contributed by atoms with Crippen LogP contribution in [-0.2, 0) is 11.3 Å². The van der Waals surface area contributed by atoms with Crippen LogP contribution in [0.1, 0.15) is 11.1 Å². The van der Waals surface area contributed by atoms with Crippen molar-refractivity contribution in [3.63, 3.8) is 0 Å². The van der Waals surface area contributed by atoms with Crippen molar-refractivity contribution in [1.82, 2.24) is 19.8 Å². The third-order valence-electron chi connectivity index (χ3n) is 5.14. The first-order valence-corrected chi connectivity index (χ1v) is 10.7. The summed E-state index contributed by atoms with van der Waals surface area (Å²) < 4.78 is 10.8. The van der Waals surface area contributed by atoms with Crippen LogP contribution < -0.4 is 15.4 Å². The van der Waals surface area contributed by atoms with Gasteiger partial charge in [0.2, 0.25) is 11.4 Å². The van der Waals surface area contributed by atoms with E-state index in [4.69, 9.17) is 20.5 Å². The maximum atomic E-state index is 12.8. The van der Waals surface area contributed by atoms with Crippen LogP contribution in [-0.4, -0.2) is 70.7 Å². The van der Waals surface area contributed by atoms with Crippen molar-refractivity contribution in [2.45, 2.75) is 17.1 Å². The number of amides is 3. The Morgan fingerprint density at radius 1 is 1.28 bits per heavy atom. The van der Waals surface area contributed by atoms with E-state index in [-0.39, 0.29) is 11.6 Å². The lowest BCUT2D eigenvalue weighted by molar-refractivity contribution is 0.0690. The van der Waals surface area contributed by atoms with Gasteiger partial charge in [0.1, 0.15) is 17.0 Å². The number of hydrogen-bond donors (Lipinski definition) is 1. The monoisotopic (exact) mass is 455 g/mol. The molecule has 4 rings (SSSR count). The Morgan fingerprint density at radius 2 is 2.06 bits per heavy atom. The van der Waals surface area contributed by atoms with Crippen molar-refractivity contribution >= 4 is 29.6 Å². The number of benzene rings is 1. The molecule has 1 saturated heterocycles. The molecule has 3 amide bonds. The number of rotatable bonds is 4. The number of methoxy groups -OCH3 is 1. The summed E-state index contributed by atoms with van der Waals surface area (Å²) in [7, 11) is 1.42. The number of nitrogens with zero attached hydrogens (tertiary/aromatic N) is 6. The fraction of sp³-hybridized carbons (Fsp3) is 0.350. The normalized spacial score (nSPS) is 18.1. The second kappa shape index (κ2) is 9.29. The zero-order valence-corrected chi connectivity index (χ0v) is 18.1. The predicted molar refractivity (Wildman–Crippen MR) is 115 cm³/mol. The molecule has 0 spiro atoms. The third kappa shape index (κ3) is 4.39. The number of fused-ring (bicyclic) bond motifs is 1. The lowest BCUT2D eigenvalue weighted by atomic mass is 10.1. The van der Waals surface area contributed by atoms with Crippen LogP contribution in [0.5, 0.6) is 5.88 Å². The number of piperazine rings is 1. The highest BCUT2D eigenvalue weighted by Crippen LogP contribution is 2.46. The van der Waals surface area contributed by atoms with Gasteiger partial charge in [0.15, 0.2) is 0 Å². The van der Waals surface area contributed by atoms with Crippen LogP contribution in [0, 0.1) is 11.3 Å². The number of urea groups is 1. The molecule has 12 heteroatoms. The van der Waals surface area contributed by atoms with Crippen molar-refractivity contribution in [1.29, 1.82) is 5.26 Å². The molecule has 0 bridgehead atoms. The smallest absolute Gasteiger partial charge is 0.412 e. The van der Waals surface area contributed by atoms with Gasteiger partial charge in [0.05, 0.1) is 18.7 Å². The van der Waals surface area contributed by atoms with Crippen molar-refractivity contribution < 1.29 is 19.1 Å². The Balaban J connectivity index is 1.36. The first kappa shape index (κ1) is 21.7. The maximum absolute atomic E-state index is 12.8. The first-order valence-electron chi connectivity index (χ1n) is 9.81. The number of nitriles is 1. The molecule has 1 unspecified atom stereocenters.